The first-order valence-electron chi connectivity index (χ1n) is 22.8. The molecular formula is C51H30N6O. The second-order valence-electron chi connectivity index (χ2n) is 14.2. The van der Waals surface area contributed by atoms with E-state index in [1.54, 1.807) is 28.8 Å². The molecule has 0 atom stereocenters. The molecule has 8 aromatic carbocycles. The van der Waals surface area contributed by atoms with Crippen molar-refractivity contribution in [1.82, 2.24) is 28.7 Å². The molecule has 0 unspecified atom stereocenters. The van der Waals surface area contributed by atoms with E-state index in [0.717, 1.165) is 43.4 Å². The molecule has 13 aromatic rings. The molecule has 5 heterocycles. The van der Waals surface area contributed by atoms with Crippen LogP contribution in [0.1, 0.15) is 11.0 Å². The lowest BCUT2D eigenvalue weighted by Crippen LogP contribution is -2.11. The second-order valence-corrected chi connectivity index (χ2v) is 14.2. The summed E-state index contributed by atoms with van der Waals surface area (Å²) in [6.45, 7) is 0. The van der Waals surface area contributed by atoms with Crippen LogP contribution in [0.4, 0.5) is 0 Å². The van der Waals surface area contributed by atoms with Gasteiger partial charge in [-0.3, -0.25) is 9.13 Å². The van der Waals surface area contributed by atoms with Gasteiger partial charge in [0.2, 0.25) is 11.9 Å². The zero-order valence-corrected chi connectivity index (χ0v) is 30.3. The van der Waals surface area contributed by atoms with Crippen LogP contribution >= 0.6 is 0 Å². The van der Waals surface area contributed by atoms with Crippen molar-refractivity contribution < 1.29 is 15.4 Å². The Morgan fingerprint density at radius 1 is 0.397 bits per heavy atom. The second kappa shape index (κ2) is 11.7. The summed E-state index contributed by atoms with van der Waals surface area (Å²) in [5.41, 5.74) is 4.84. The van der Waals surface area contributed by atoms with Gasteiger partial charge in [0.15, 0.2) is 5.82 Å². The molecule has 13 rings (SSSR count). The zero-order valence-electron chi connectivity index (χ0n) is 38.3. The van der Waals surface area contributed by atoms with Crippen molar-refractivity contribution in [1.29, 1.82) is 0 Å². The van der Waals surface area contributed by atoms with E-state index >= 15 is 0 Å². The molecule has 0 saturated heterocycles. The molecule has 7 nitrogen and oxygen atoms in total. The Hall–Kier alpha value is -8.03. The molecule has 7 heteroatoms. The lowest BCUT2D eigenvalue weighted by atomic mass is 10.1. The summed E-state index contributed by atoms with van der Waals surface area (Å²) in [6.07, 6.45) is 0. The van der Waals surface area contributed by atoms with E-state index in [2.05, 4.69) is 0 Å². The van der Waals surface area contributed by atoms with Gasteiger partial charge in [0, 0.05) is 43.3 Å². The van der Waals surface area contributed by atoms with Gasteiger partial charge in [-0.25, -0.2) is 0 Å². The van der Waals surface area contributed by atoms with Gasteiger partial charge in [0.25, 0.3) is 0 Å². The number of rotatable bonds is 4. The third kappa shape index (κ3) is 4.24. The molecule has 0 bridgehead atoms. The fraction of sp³-hybridized carbons (Fsp3) is 0. The van der Waals surface area contributed by atoms with Gasteiger partial charge in [-0.05, 0) is 60.6 Å². The number of benzene rings is 8. The van der Waals surface area contributed by atoms with Gasteiger partial charge in [0.1, 0.15) is 11.2 Å². The molecular weight excluding hydrogens is 713 g/mol. The Bertz CT molecular complexity index is 4250. The van der Waals surface area contributed by atoms with Crippen molar-refractivity contribution in [3.8, 4) is 29.0 Å². The summed E-state index contributed by atoms with van der Waals surface area (Å²) in [7, 11) is 0. The third-order valence-electron chi connectivity index (χ3n) is 11.2. The Balaban J connectivity index is 1.24. The van der Waals surface area contributed by atoms with Crippen LogP contribution in [-0.4, -0.2) is 28.7 Å². The number of hydrogen-bond donors (Lipinski definition) is 0. The summed E-state index contributed by atoms with van der Waals surface area (Å²) < 4.78 is 85.4. The fourth-order valence-electron chi connectivity index (χ4n) is 8.81. The van der Waals surface area contributed by atoms with Gasteiger partial charge in [-0.1, -0.05) is 121 Å². The average Bonchev–Trinajstić information content (AvgIpc) is 4.09. The maximum Gasteiger partial charge on any atom is 0.240 e. The minimum absolute atomic E-state index is 0.0122. The Morgan fingerprint density at radius 2 is 0.914 bits per heavy atom. The van der Waals surface area contributed by atoms with Crippen LogP contribution in [0.5, 0.6) is 0 Å². The first-order chi connectivity index (χ1) is 32.1. The van der Waals surface area contributed by atoms with Gasteiger partial charge < -0.3 is 8.98 Å². The number of fused-ring (bicyclic) bond motifs is 13. The lowest BCUT2D eigenvalue weighted by Gasteiger charge is -2.16. The smallest absolute Gasteiger partial charge is 0.240 e. The van der Waals surface area contributed by atoms with Crippen molar-refractivity contribution in [3.05, 3.63) is 182 Å². The van der Waals surface area contributed by atoms with E-state index in [9.17, 15) is 4.11 Å². The van der Waals surface area contributed by atoms with Crippen molar-refractivity contribution in [2.75, 3.05) is 0 Å². The number of para-hydroxylation sites is 7. The Morgan fingerprint density at radius 3 is 1.60 bits per heavy atom. The predicted octanol–water partition coefficient (Wildman–Crippen LogP) is 12.7. The largest absolute Gasteiger partial charge is 0.456 e. The Kier molecular flexibility index (Phi) is 4.95. The maximum atomic E-state index is 9.80. The number of furan rings is 1. The van der Waals surface area contributed by atoms with Crippen molar-refractivity contribution in [3.63, 3.8) is 0 Å². The number of hydrogen-bond acceptors (Lipinski definition) is 4. The van der Waals surface area contributed by atoms with E-state index in [0.29, 0.717) is 33.1 Å². The minimum Gasteiger partial charge on any atom is -0.456 e. The first kappa shape index (κ1) is 24.5. The summed E-state index contributed by atoms with van der Waals surface area (Å²) in [6, 6.07) is 39.2. The van der Waals surface area contributed by atoms with Gasteiger partial charge in [-0.15, -0.1) is 0 Å². The summed E-state index contributed by atoms with van der Waals surface area (Å²) in [5.74, 6) is -0.0133. The van der Waals surface area contributed by atoms with Crippen LogP contribution in [0, 0.1) is 0 Å². The topological polar surface area (TPSA) is 66.6 Å². The standard InChI is InChI=1S/C51H30N6O/c1-9-23-40-31(15-1)32-16-2-10-24-41(32)56(40)50-52-49(53-51(54-50)57-42-25-11-3-17-33(42)34-18-4-12-26-43(34)57)37-20-6-13-27-44(37)55-39-22-8-5-19-35(39)36-29-30-46-47(48(36)55)38-21-7-14-28-45(38)58-46/h1-30H/i1D,6D,9D,13D,15D,20D,23D,27D. The number of aromatic nitrogens is 6. The molecule has 0 saturated carbocycles. The molecule has 0 radical (unpaired) electrons. The maximum absolute atomic E-state index is 9.80. The van der Waals surface area contributed by atoms with E-state index in [1.807, 2.05) is 118 Å². The highest BCUT2D eigenvalue weighted by molar-refractivity contribution is 6.24. The molecule has 0 aliphatic heterocycles. The van der Waals surface area contributed by atoms with Crippen molar-refractivity contribution in [2.24, 2.45) is 0 Å². The molecule has 270 valence electrons. The monoisotopic (exact) mass is 750 g/mol. The van der Waals surface area contributed by atoms with Crippen LogP contribution < -0.4 is 0 Å². The lowest BCUT2D eigenvalue weighted by molar-refractivity contribution is 0.669. The average molecular weight is 751 g/mol. The molecule has 0 spiro atoms. The van der Waals surface area contributed by atoms with Crippen molar-refractivity contribution in [2.45, 2.75) is 0 Å². The van der Waals surface area contributed by atoms with Crippen LogP contribution in [0.3, 0.4) is 0 Å². The van der Waals surface area contributed by atoms with E-state index in [1.165, 1.54) is 0 Å². The van der Waals surface area contributed by atoms with Crippen LogP contribution in [0.15, 0.2) is 186 Å². The summed E-state index contributed by atoms with van der Waals surface area (Å²) in [5, 5.41) is 5.95. The van der Waals surface area contributed by atoms with Gasteiger partial charge >= 0.3 is 0 Å². The van der Waals surface area contributed by atoms with E-state index in [4.69, 9.17) is 26.2 Å². The predicted molar refractivity (Wildman–Crippen MR) is 236 cm³/mol. The van der Waals surface area contributed by atoms with Crippen molar-refractivity contribution >= 4 is 87.4 Å². The number of nitrogens with zero attached hydrogens (tertiary/aromatic N) is 6. The van der Waals surface area contributed by atoms with E-state index in [-0.39, 0.29) is 64.0 Å². The zero-order chi connectivity index (χ0) is 44.9. The highest BCUT2D eigenvalue weighted by Gasteiger charge is 2.24. The van der Waals surface area contributed by atoms with E-state index < -0.39 is 24.2 Å². The Labute approximate surface area is 341 Å². The molecule has 0 aliphatic carbocycles. The van der Waals surface area contributed by atoms with Gasteiger partial charge in [0.05, 0.1) is 55.1 Å². The molecule has 58 heavy (non-hydrogen) atoms. The summed E-state index contributed by atoms with van der Waals surface area (Å²) >= 11 is 0. The highest BCUT2D eigenvalue weighted by atomic mass is 16.3. The molecule has 0 N–H and O–H groups in total. The molecule has 0 amide bonds. The van der Waals surface area contributed by atoms with Crippen LogP contribution in [-0.2, 0) is 0 Å². The van der Waals surface area contributed by atoms with Gasteiger partial charge in [-0.2, -0.15) is 15.0 Å². The normalized spacial score (nSPS) is 14.1. The van der Waals surface area contributed by atoms with Crippen LogP contribution in [0.2, 0.25) is 0 Å². The SMILES string of the molecule is [2H]c1c([2H])c([2H])c(-n2c3ccccc3c3ccc4oc5ccccc5c4c32)c(-c2nc(-n3c4ccccc4c4ccccc43)nc(-n3c4ccccc4c4c([2H])c([2H])c([2H])c([2H])c43)n2)c1[2H]. The molecule has 5 aromatic heterocycles. The quantitative estimate of drug-likeness (QED) is 0.180. The molecule has 0 aliphatic rings. The first-order valence-corrected chi connectivity index (χ1v) is 18.8. The van der Waals surface area contributed by atoms with Crippen LogP contribution in [0.25, 0.3) is 116 Å². The fourth-order valence-corrected chi connectivity index (χ4v) is 8.81. The minimum atomic E-state index is -0.496. The molecule has 0 fully saturated rings. The highest BCUT2D eigenvalue weighted by Crippen LogP contribution is 2.43. The third-order valence-corrected chi connectivity index (χ3v) is 11.2. The summed E-state index contributed by atoms with van der Waals surface area (Å²) in [4.78, 5) is 15.5.